The zero-order valence-corrected chi connectivity index (χ0v) is 15.7. The molecule has 0 radical (unpaired) electrons. The van der Waals surface area contributed by atoms with Crippen molar-refractivity contribution in [3.8, 4) is 11.5 Å². The summed E-state index contributed by atoms with van der Waals surface area (Å²) in [5, 5.41) is 3.15. The maximum Gasteiger partial charge on any atom is 0.325 e. The number of nitrogens with one attached hydrogen (secondary N) is 1. The molecule has 0 aromatic heterocycles. The molecule has 0 spiro atoms. The molecule has 5 nitrogen and oxygen atoms in total. The summed E-state index contributed by atoms with van der Waals surface area (Å²) in [6, 6.07) is 23.0. The highest BCUT2D eigenvalue weighted by molar-refractivity contribution is 6.30. The van der Waals surface area contributed by atoms with E-state index >= 15 is 0 Å². The highest BCUT2D eigenvalue weighted by atomic mass is 35.5. The number of para-hydroxylation sites is 1. The second-order valence-corrected chi connectivity index (χ2v) is 6.35. The maximum absolute atomic E-state index is 12.2. The molecule has 1 amide bonds. The van der Waals surface area contributed by atoms with E-state index in [-0.39, 0.29) is 19.1 Å². The van der Waals surface area contributed by atoms with E-state index in [0.717, 1.165) is 5.56 Å². The first kappa shape index (κ1) is 19.5. The first-order valence-corrected chi connectivity index (χ1v) is 8.99. The third kappa shape index (κ3) is 5.86. The quantitative estimate of drug-likeness (QED) is 0.593. The summed E-state index contributed by atoms with van der Waals surface area (Å²) in [6.07, 6.45) is 0. The van der Waals surface area contributed by atoms with E-state index in [4.69, 9.17) is 21.1 Å². The highest BCUT2D eigenvalue weighted by Gasteiger charge is 2.09. The Balaban J connectivity index is 1.45. The zero-order valence-electron chi connectivity index (χ0n) is 14.9. The molecule has 3 aromatic carbocycles. The van der Waals surface area contributed by atoms with E-state index in [2.05, 4.69) is 5.32 Å². The van der Waals surface area contributed by atoms with E-state index in [0.29, 0.717) is 22.1 Å². The summed E-state index contributed by atoms with van der Waals surface area (Å²) in [6.45, 7) is -0.0912. The van der Waals surface area contributed by atoms with Crippen molar-refractivity contribution in [1.29, 1.82) is 0 Å². The number of amides is 1. The molecule has 0 aliphatic carbocycles. The molecule has 0 aliphatic heterocycles. The molecule has 0 aliphatic rings. The van der Waals surface area contributed by atoms with Crippen molar-refractivity contribution in [2.45, 2.75) is 6.61 Å². The number of carbonyl (C=O) groups is 2. The average molecular weight is 396 g/mol. The van der Waals surface area contributed by atoms with E-state index < -0.39 is 5.97 Å². The van der Waals surface area contributed by atoms with Crippen LogP contribution in [0.2, 0.25) is 5.02 Å². The van der Waals surface area contributed by atoms with Crippen LogP contribution in [0.1, 0.15) is 15.9 Å². The molecular weight excluding hydrogens is 378 g/mol. The first-order chi connectivity index (χ1) is 13.6. The number of benzene rings is 3. The minimum atomic E-state index is -0.521. The van der Waals surface area contributed by atoms with Crippen molar-refractivity contribution in [3.05, 3.63) is 95.0 Å². The van der Waals surface area contributed by atoms with Gasteiger partial charge in [-0.3, -0.25) is 9.59 Å². The van der Waals surface area contributed by atoms with Gasteiger partial charge in [-0.2, -0.15) is 0 Å². The minimum Gasteiger partial charge on any atom is -0.460 e. The maximum atomic E-state index is 12.2. The predicted octanol–water partition coefficient (Wildman–Crippen LogP) is 4.61. The summed E-state index contributed by atoms with van der Waals surface area (Å²) in [4.78, 5) is 23.9. The summed E-state index contributed by atoms with van der Waals surface area (Å²) in [5.74, 6) is 0.440. The lowest BCUT2D eigenvalue weighted by atomic mass is 10.2. The van der Waals surface area contributed by atoms with E-state index in [1.807, 2.05) is 30.3 Å². The fourth-order valence-corrected chi connectivity index (χ4v) is 2.47. The molecular formula is C22H18ClNO4. The van der Waals surface area contributed by atoms with Crippen LogP contribution in [0.25, 0.3) is 0 Å². The summed E-state index contributed by atoms with van der Waals surface area (Å²) >= 11 is 5.80. The van der Waals surface area contributed by atoms with Crippen molar-refractivity contribution in [1.82, 2.24) is 5.32 Å². The van der Waals surface area contributed by atoms with Crippen LogP contribution >= 0.6 is 11.6 Å². The van der Waals surface area contributed by atoms with Gasteiger partial charge < -0.3 is 14.8 Å². The van der Waals surface area contributed by atoms with Gasteiger partial charge in [-0.05, 0) is 54.1 Å². The number of hydrogen-bond acceptors (Lipinski definition) is 4. The van der Waals surface area contributed by atoms with Crippen molar-refractivity contribution in [3.63, 3.8) is 0 Å². The Morgan fingerprint density at radius 1 is 0.821 bits per heavy atom. The Morgan fingerprint density at radius 2 is 1.46 bits per heavy atom. The van der Waals surface area contributed by atoms with Gasteiger partial charge in [-0.1, -0.05) is 41.9 Å². The van der Waals surface area contributed by atoms with Gasteiger partial charge in [0.25, 0.3) is 5.91 Å². The number of rotatable bonds is 7. The summed E-state index contributed by atoms with van der Waals surface area (Å²) < 4.78 is 10.8. The molecule has 0 heterocycles. The molecule has 3 rings (SSSR count). The van der Waals surface area contributed by atoms with Crippen LogP contribution in [0.3, 0.4) is 0 Å². The molecule has 0 bridgehead atoms. The van der Waals surface area contributed by atoms with Gasteiger partial charge in [0.2, 0.25) is 0 Å². The lowest BCUT2D eigenvalue weighted by Gasteiger charge is -2.08. The molecule has 28 heavy (non-hydrogen) atoms. The Kier molecular flexibility index (Phi) is 6.65. The van der Waals surface area contributed by atoms with Gasteiger partial charge in [0, 0.05) is 10.6 Å². The monoisotopic (exact) mass is 395 g/mol. The van der Waals surface area contributed by atoms with Gasteiger partial charge in [0.1, 0.15) is 24.7 Å². The fourth-order valence-electron chi connectivity index (χ4n) is 2.35. The molecule has 0 atom stereocenters. The Labute approximate surface area is 167 Å². The van der Waals surface area contributed by atoms with Crippen LogP contribution < -0.4 is 10.1 Å². The predicted molar refractivity (Wildman–Crippen MR) is 107 cm³/mol. The first-order valence-electron chi connectivity index (χ1n) is 8.61. The fraction of sp³-hybridized carbons (Fsp3) is 0.0909. The van der Waals surface area contributed by atoms with E-state index in [9.17, 15) is 9.59 Å². The largest absolute Gasteiger partial charge is 0.460 e. The number of carbonyl (C=O) groups excluding carboxylic acids is 2. The van der Waals surface area contributed by atoms with Crippen LogP contribution in [0, 0.1) is 0 Å². The third-order valence-electron chi connectivity index (χ3n) is 3.80. The van der Waals surface area contributed by atoms with Gasteiger partial charge in [-0.15, -0.1) is 0 Å². The van der Waals surface area contributed by atoms with Crippen molar-refractivity contribution >= 4 is 23.5 Å². The SMILES string of the molecule is O=C(CNC(=O)c1ccc(Oc2ccccc2)cc1)OCc1ccc(Cl)cc1. The number of halogens is 1. The molecule has 3 aromatic rings. The normalized spacial score (nSPS) is 10.2. The molecule has 0 saturated heterocycles. The number of esters is 1. The molecule has 0 unspecified atom stereocenters. The topological polar surface area (TPSA) is 64.6 Å². The number of hydrogen-bond donors (Lipinski definition) is 1. The smallest absolute Gasteiger partial charge is 0.325 e. The van der Waals surface area contributed by atoms with Crippen LogP contribution in [0.15, 0.2) is 78.9 Å². The Morgan fingerprint density at radius 3 is 2.14 bits per heavy atom. The average Bonchev–Trinajstić information content (AvgIpc) is 2.73. The number of ether oxygens (including phenoxy) is 2. The molecule has 0 saturated carbocycles. The van der Waals surface area contributed by atoms with Crippen LogP contribution in [-0.4, -0.2) is 18.4 Å². The van der Waals surface area contributed by atoms with Gasteiger partial charge in [0.15, 0.2) is 0 Å². The lowest BCUT2D eigenvalue weighted by molar-refractivity contribution is -0.143. The van der Waals surface area contributed by atoms with Crippen molar-refractivity contribution in [2.24, 2.45) is 0 Å². The second-order valence-electron chi connectivity index (χ2n) is 5.91. The van der Waals surface area contributed by atoms with E-state index in [1.54, 1.807) is 48.5 Å². The second kappa shape index (κ2) is 9.58. The van der Waals surface area contributed by atoms with Gasteiger partial charge in [0.05, 0.1) is 0 Å². The van der Waals surface area contributed by atoms with Gasteiger partial charge >= 0.3 is 5.97 Å². The van der Waals surface area contributed by atoms with E-state index in [1.165, 1.54) is 0 Å². The van der Waals surface area contributed by atoms with Crippen LogP contribution in [0.5, 0.6) is 11.5 Å². The molecule has 142 valence electrons. The van der Waals surface area contributed by atoms with Crippen LogP contribution in [0.4, 0.5) is 0 Å². The molecule has 0 fully saturated rings. The zero-order chi connectivity index (χ0) is 19.8. The summed E-state index contributed by atoms with van der Waals surface area (Å²) in [7, 11) is 0. The Hall–Kier alpha value is -3.31. The standard InChI is InChI=1S/C22H18ClNO4/c23-18-10-6-16(7-11-18)15-27-21(25)14-24-22(26)17-8-12-20(13-9-17)28-19-4-2-1-3-5-19/h1-13H,14-15H2,(H,24,26). The van der Waals surface area contributed by atoms with Crippen molar-refractivity contribution < 1.29 is 19.1 Å². The lowest BCUT2D eigenvalue weighted by Crippen LogP contribution is -2.30. The van der Waals surface area contributed by atoms with Crippen LogP contribution in [-0.2, 0) is 16.1 Å². The third-order valence-corrected chi connectivity index (χ3v) is 4.05. The summed E-state index contributed by atoms with van der Waals surface area (Å²) in [5.41, 5.74) is 1.24. The molecule has 1 N–H and O–H groups in total. The minimum absolute atomic E-state index is 0.122. The Bertz CT molecular complexity index is 925. The molecule has 6 heteroatoms. The van der Waals surface area contributed by atoms with Gasteiger partial charge in [-0.25, -0.2) is 0 Å². The van der Waals surface area contributed by atoms with Crippen molar-refractivity contribution in [2.75, 3.05) is 6.54 Å². The highest BCUT2D eigenvalue weighted by Crippen LogP contribution is 2.21.